The Bertz CT molecular complexity index is 990. The number of sulfonamides is 1. The fraction of sp³-hybridized carbons (Fsp3) is 0.435. The van der Waals surface area contributed by atoms with E-state index >= 15 is 0 Å². The van der Waals surface area contributed by atoms with E-state index in [9.17, 15) is 13.2 Å². The maximum Gasteiger partial charge on any atom is 0.251 e. The average Bonchev–Trinajstić information content (AvgIpc) is 2.81. The summed E-state index contributed by atoms with van der Waals surface area (Å²) >= 11 is 0. The summed E-state index contributed by atoms with van der Waals surface area (Å²) in [6.07, 6.45) is 0. The molecule has 9 heteroatoms. The molecule has 1 aliphatic rings. The third-order valence-electron chi connectivity index (χ3n) is 5.20. The van der Waals surface area contributed by atoms with E-state index in [2.05, 4.69) is 10.2 Å². The molecule has 0 saturated carbocycles. The van der Waals surface area contributed by atoms with Crippen molar-refractivity contribution >= 4 is 21.6 Å². The van der Waals surface area contributed by atoms with Gasteiger partial charge >= 0.3 is 0 Å². The van der Waals surface area contributed by atoms with Gasteiger partial charge in [0, 0.05) is 44.0 Å². The van der Waals surface area contributed by atoms with Crippen molar-refractivity contribution in [2.75, 3.05) is 56.6 Å². The minimum atomic E-state index is -3.45. The molecule has 0 aliphatic carbocycles. The van der Waals surface area contributed by atoms with E-state index in [4.69, 9.17) is 9.47 Å². The molecular formula is C23H31N3O5S. The number of anilines is 1. The number of amides is 1. The number of carbonyl (C=O) groups is 1. The SMILES string of the molecule is CCOc1ccc(C(=O)NCCS(=O)(=O)N2CCN(c3ccccc3)CC2)cc1OCC. The van der Waals surface area contributed by atoms with Gasteiger partial charge in [-0.15, -0.1) is 0 Å². The van der Waals surface area contributed by atoms with Crippen molar-refractivity contribution in [2.45, 2.75) is 13.8 Å². The normalized spacial score (nSPS) is 14.8. The number of ether oxygens (including phenoxy) is 2. The average molecular weight is 462 g/mol. The molecule has 0 atom stereocenters. The van der Waals surface area contributed by atoms with Gasteiger partial charge in [0.2, 0.25) is 10.0 Å². The molecule has 1 fully saturated rings. The summed E-state index contributed by atoms with van der Waals surface area (Å²) in [4.78, 5) is 14.7. The zero-order valence-corrected chi connectivity index (χ0v) is 19.4. The lowest BCUT2D eigenvalue weighted by atomic mass is 10.2. The zero-order chi connectivity index (χ0) is 23.0. The lowest BCUT2D eigenvalue weighted by Crippen LogP contribution is -2.50. The molecule has 1 amide bonds. The number of benzene rings is 2. The summed E-state index contributed by atoms with van der Waals surface area (Å²) in [5.74, 6) is 0.575. The first kappa shape index (κ1) is 23.9. The Labute approximate surface area is 190 Å². The summed E-state index contributed by atoms with van der Waals surface area (Å²) in [5.41, 5.74) is 1.49. The second-order valence-electron chi connectivity index (χ2n) is 7.32. The highest BCUT2D eigenvalue weighted by atomic mass is 32.2. The van der Waals surface area contributed by atoms with E-state index in [0.29, 0.717) is 56.5 Å². The van der Waals surface area contributed by atoms with Gasteiger partial charge in [0.05, 0.1) is 19.0 Å². The molecule has 2 aromatic rings. The number of para-hydroxylation sites is 1. The van der Waals surface area contributed by atoms with Gasteiger partial charge in [-0.3, -0.25) is 4.79 Å². The van der Waals surface area contributed by atoms with Crippen LogP contribution in [0.25, 0.3) is 0 Å². The van der Waals surface area contributed by atoms with E-state index in [1.807, 2.05) is 44.2 Å². The predicted molar refractivity (Wildman–Crippen MR) is 125 cm³/mol. The molecule has 0 spiro atoms. The lowest BCUT2D eigenvalue weighted by Gasteiger charge is -2.35. The van der Waals surface area contributed by atoms with Crippen LogP contribution in [0.15, 0.2) is 48.5 Å². The number of hydrogen-bond donors (Lipinski definition) is 1. The molecule has 3 rings (SSSR count). The van der Waals surface area contributed by atoms with Gasteiger partial charge < -0.3 is 19.7 Å². The minimum Gasteiger partial charge on any atom is -0.490 e. The molecule has 0 unspecified atom stereocenters. The highest BCUT2D eigenvalue weighted by Crippen LogP contribution is 2.28. The molecule has 2 aromatic carbocycles. The molecule has 0 radical (unpaired) electrons. The lowest BCUT2D eigenvalue weighted by molar-refractivity contribution is 0.0955. The molecule has 32 heavy (non-hydrogen) atoms. The quantitative estimate of drug-likeness (QED) is 0.585. The number of nitrogens with zero attached hydrogens (tertiary/aromatic N) is 2. The van der Waals surface area contributed by atoms with Crippen LogP contribution in [0.5, 0.6) is 11.5 Å². The Morgan fingerprint density at radius 2 is 1.59 bits per heavy atom. The zero-order valence-electron chi connectivity index (χ0n) is 18.6. The van der Waals surface area contributed by atoms with Crippen molar-refractivity contribution in [1.82, 2.24) is 9.62 Å². The fourth-order valence-electron chi connectivity index (χ4n) is 3.58. The van der Waals surface area contributed by atoms with Gasteiger partial charge in [-0.25, -0.2) is 8.42 Å². The Kier molecular flexibility index (Phi) is 8.35. The van der Waals surface area contributed by atoms with E-state index < -0.39 is 10.0 Å². The van der Waals surface area contributed by atoms with Crippen LogP contribution in [0.1, 0.15) is 24.2 Å². The highest BCUT2D eigenvalue weighted by Gasteiger charge is 2.27. The first-order valence-electron chi connectivity index (χ1n) is 10.9. The summed E-state index contributed by atoms with van der Waals surface area (Å²) in [5, 5.41) is 2.70. The monoisotopic (exact) mass is 461 g/mol. The van der Waals surface area contributed by atoms with Crippen LogP contribution in [0.4, 0.5) is 5.69 Å². The van der Waals surface area contributed by atoms with Crippen molar-refractivity contribution < 1.29 is 22.7 Å². The van der Waals surface area contributed by atoms with E-state index in [0.717, 1.165) is 5.69 Å². The maximum absolute atomic E-state index is 12.7. The second kappa shape index (κ2) is 11.2. The van der Waals surface area contributed by atoms with Crippen molar-refractivity contribution in [3.05, 3.63) is 54.1 Å². The molecule has 0 bridgehead atoms. The van der Waals surface area contributed by atoms with Gasteiger partial charge in [0.25, 0.3) is 5.91 Å². The molecular weight excluding hydrogens is 430 g/mol. The molecule has 0 aromatic heterocycles. The van der Waals surface area contributed by atoms with Crippen molar-refractivity contribution in [3.8, 4) is 11.5 Å². The van der Waals surface area contributed by atoms with Crippen LogP contribution in [0.3, 0.4) is 0 Å². The van der Waals surface area contributed by atoms with Crippen molar-refractivity contribution in [2.24, 2.45) is 0 Å². The standard InChI is InChI=1S/C23H31N3O5S/c1-3-30-21-11-10-19(18-22(21)31-4-2)23(27)24-12-17-32(28,29)26-15-13-25(14-16-26)20-8-6-5-7-9-20/h5-11,18H,3-4,12-17H2,1-2H3,(H,24,27). The Hall–Kier alpha value is -2.78. The summed E-state index contributed by atoms with van der Waals surface area (Å²) in [6.45, 7) is 6.85. The first-order valence-corrected chi connectivity index (χ1v) is 12.5. The maximum atomic E-state index is 12.7. The smallest absolute Gasteiger partial charge is 0.251 e. The molecule has 1 aliphatic heterocycles. The molecule has 174 valence electrons. The number of nitrogens with one attached hydrogen (secondary N) is 1. The number of piperazine rings is 1. The Morgan fingerprint density at radius 1 is 0.938 bits per heavy atom. The van der Waals surface area contributed by atoms with E-state index in [1.165, 1.54) is 4.31 Å². The number of carbonyl (C=O) groups excluding carboxylic acids is 1. The fourth-order valence-corrected chi connectivity index (χ4v) is 4.92. The van der Waals surface area contributed by atoms with Crippen LogP contribution in [0.2, 0.25) is 0 Å². The van der Waals surface area contributed by atoms with Gasteiger partial charge in [-0.05, 0) is 44.2 Å². The van der Waals surface area contributed by atoms with Crippen LogP contribution in [-0.2, 0) is 10.0 Å². The number of hydrogen-bond acceptors (Lipinski definition) is 6. The summed E-state index contributed by atoms with van der Waals surface area (Å²) in [6, 6.07) is 14.9. The summed E-state index contributed by atoms with van der Waals surface area (Å²) in [7, 11) is -3.45. The van der Waals surface area contributed by atoms with Crippen molar-refractivity contribution in [3.63, 3.8) is 0 Å². The van der Waals surface area contributed by atoms with Gasteiger partial charge in [-0.1, -0.05) is 18.2 Å². The van der Waals surface area contributed by atoms with Crippen LogP contribution in [-0.4, -0.2) is 70.3 Å². The Balaban J connectivity index is 1.51. The highest BCUT2D eigenvalue weighted by molar-refractivity contribution is 7.89. The first-order chi connectivity index (χ1) is 15.4. The Morgan fingerprint density at radius 3 is 2.25 bits per heavy atom. The van der Waals surface area contributed by atoms with Crippen LogP contribution in [0, 0.1) is 0 Å². The van der Waals surface area contributed by atoms with Crippen molar-refractivity contribution in [1.29, 1.82) is 0 Å². The molecule has 1 N–H and O–H groups in total. The van der Waals surface area contributed by atoms with E-state index in [-0.39, 0.29) is 18.2 Å². The third-order valence-corrected chi connectivity index (χ3v) is 7.08. The number of rotatable bonds is 10. The third kappa shape index (κ3) is 6.14. The minimum absolute atomic E-state index is 0.0389. The van der Waals surface area contributed by atoms with Gasteiger partial charge in [0.15, 0.2) is 11.5 Å². The van der Waals surface area contributed by atoms with Gasteiger partial charge in [-0.2, -0.15) is 4.31 Å². The van der Waals surface area contributed by atoms with Crippen LogP contribution < -0.4 is 19.7 Å². The van der Waals surface area contributed by atoms with E-state index in [1.54, 1.807) is 18.2 Å². The molecule has 1 heterocycles. The van der Waals surface area contributed by atoms with Gasteiger partial charge in [0.1, 0.15) is 0 Å². The summed E-state index contributed by atoms with van der Waals surface area (Å²) < 4.78 is 38.0. The largest absolute Gasteiger partial charge is 0.490 e. The van der Waals surface area contributed by atoms with Crippen LogP contribution >= 0.6 is 0 Å². The topological polar surface area (TPSA) is 88.2 Å². The predicted octanol–water partition coefficient (Wildman–Crippen LogP) is 2.37. The second-order valence-corrected chi connectivity index (χ2v) is 9.41. The molecule has 1 saturated heterocycles. The molecule has 8 nitrogen and oxygen atoms in total.